The van der Waals surface area contributed by atoms with Crippen molar-refractivity contribution in [2.75, 3.05) is 5.32 Å². The Labute approximate surface area is 106 Å². The maximum Gasteiger partial charge on any atom is 0.342 e. The van der Waals surface area contributed by atoms with Crippen LogP contribution in [0.5, 0.6) is 0 Å². The van der Waals surface area contributed by atoms with Crippen LogP contribution in [0.3, 0.4) is 0 Å². The van der Waals surface area contributed by atoms with Gasteiger partial charge in [0, 0.05) is 6.07 Å². The molecular weight excluding hydrogens is 254 g/mol. The highest BCUT2D eigenvalue weighted by Crippen LogP contribution is 2.21. The maximum atomic E-state index is 10.9. The molecule has 2 N–H and O–H groups in total. The van der Waals surface area contributed by atoms with Gasteiger partial charge in [0.15, 0.2) is 0 Å². The number of carboxylic acid groups (broad SMARTS) is 1. The summed E-state index contributed by atoms with van der Waals surface area (Å²) in [7, 11) is 0. The van der Waals surface area contributed by atoms with E-state index in [1.54, 1.807) is 0 Å². The first-order valence-corrected chi connectivity index (χ1v) is 4.97. The fourth-order valence-electron chi connectivity index (χ4n) is 1.34. The number of nitrogens with zero attached hydrogens (tertiary/aromatic N) is 4. The number of rotatable bonds is 4. The van der Waals surface area contributed by atoms with Crippen molar-refractivity contribution in [1.29, 1.82) is 0 Å². The van der Waals surface area contributed by atoms with Crippen molar-refractivity contribution < 1.29 is 14.8 Å². The molecule has 0 bridgehead atoms. The molecule has 2 rings (SSSR count). The largest absolute Gasteiger partial charge is 0.477 e. The lowest BCUT2D eigenvalue weighted by Crippen LogP contribution is -2.05. The topological polar surface area (TPSA) is 131 Å². The molecule has 9 heteroatoms. The zero-order chi connectivity index (χ0) is 13.8. The minimum Gasteiger partial charge on any atom is -0.477 e. The first-order valence-electron chi connectivity index (χ1n) is 4.97. The fraction of sp³-hybridized carbons (Fsp3) is 0. The predicted octanol–water partition coefficient (Wildman–Crippen LogP) is 1.22. The zero-order valence-corrected chi connectivity index (χ0v) is 9.35. The molecule has 0 spiro atoms. The van der Waals surface area contributed by atoms with E-state index in [4.69, 9.17) is 5.11 Å². The van der Waals surface area contributed by atoms with Gasteiger partial charge in [-0.05, 0) is 0 Å². The summed E-state index contributed by atoms with van der Waals surface area (Å²) in [5, 5.41) is 22.3. The second-order valence-corrected chi connectivity index (χ2v) is 3.40. The van der Waals surface area contributed by atoms with Gasteiger partial charge in [-0.25, -0.2) is 19.7 Å². The lowest BCUT2D eigenvalue weighted by Gasteiger charge is -2.05. The van der Waals surface area contributed by atoms with Gasteiger partial charge in [0.25, 0.3) is 0 Å². The standard InChI is InChI=1S/C10H7N5O4/c16-10(17)7-1-9(13-4-8(7)15(18)19)14-6-2-11-5-12-3-6/h1-5H,(H,13,14)(H,16,17). The van der Waals surface area contributed by atoms with Crippen molar-refractivity contribution in [1.82, 2.24) is 15.0 Å². The number of anilines is 2. The monoisotopic (exact) mass is 261 g/mol. The number of aromatic carboxylic acids is 1. The van der Waals surface area contributed by atoms with Crippen molar-refractivity contribution in [3.63, 3.8) is 0 Å². The highest BCUT2D eigenvalue weighted by molar-refractivity contribution is 5.93. The minimum atomic E-state index is -1.40. The molecule has 0 aliphatic rings. The SMILES string of the molecule is O=C(O)c1cc(Nc2cncnc2)ncc1[N+](=O)[O-]. The third-order valence-corrected chi connectivity index (χ3v) is 2.14. The molecule has 9 nitrogen and oxygen atoms in total. The van der Waals surface area contributed by atoms with E-state index in [0.29, 0.717) is 5.69 Å². The number of carboxylic acids is 1. The van der Waals surface area contributed by atoms with E-state index in [-0.39, 0.29) is 5.82 Å². The summed E-state index contributed by atoms with van der Waals surface area (Å²) in [6.07, 6.45) is 5.12. The molecule has 0 atom stereocenters. The quantitative estimate of drug-likeness (QED) is 0.620. The number of hydrogen-bond acceptors (Lipinski definition) is 7. The first-order chi connectivity index (χ1) is 9.08. The van der Waals surface area contributed by atoms with Crippen LogP contribution in [0.25, 0.3) is 0 Å². The van der Waals surface area contributed by atoms with Crippen LogP contribution in [-0.4, -0.2) is 31.0 Å². The van der Waals surface area contributed by atoms with Crippen LogP contribution >= 0.6 is 0 Å². The third kappa shape index (κ3) is 2.77. The van der Waals surface area contributed by atoms with Crippen molar-refractivity contribution in [3.8, 4) is 0 Å². The first kappa shape index (κ1) is 12.4. The molecule has 0 saturated carbocycles. The molecule has 0 fully saturated rings. The molecule has 2 aromatic rings. The Bertz CT molecular complexity index is 631. The summed E-state index contributed by atoms with van der Waals surface area (Å²) in [4.78, 5) is 32.1. The van der Waals surface area contributed by atoms with Gasteiger partial charge in [-0.3, -0.25) is 10.1 Å². The second-order valence-electron chi connectivity index (χ2n) is 3.40. The van der Waals surface area contributed by atoms with Crippen LogP contribution in [0.1, 0.15) is 10.4 Å². The Morgan fingerprint density at radius 2 is 2.00 bits per heavy atom. The van der Waals surface area contributed by atoms with Gasteiger partial charge in [0.05, 0.1) is 23.0 Å². The van der Waals surface area contributed by atoms with Gasteiger partial charge in [-0.15, -0.1) is 0 Å². The molecule has 96 valence electrons. The van der Waals surface area contributed by atoms with Crippen LogP contribution in [0.4, 0.5) is 17.2 Å². The summed E-state index contributed by atoms with van der Waals surface area (Å²) in [5.41, 5.74) is -0.526. The van der Waals surface area contributed by atoms with Gasteiger partial charge >= 0.3 is 11.7 Å². The smallest absolute Gasteiger partial charge is 0.342 e. The number of nitro groups is 1. The van der Waals surface area contributed by atoms with Gasteiger partial charge in [0.2, 0.25) is 0 Å². The maximum absolute atomic E-state index is 10.9. The minimum absolute atomic E-state index is 0.151. The van der Waals surface area contributed by atoms with Crippen LogP contribution in [0.2, 0.25) is 0 Å². The van der Waals surface area contributed by atoms with Crippen molar-refractivity contribution in [2.45, 2.75) is 0 Å². The summed E-state index contributed by atoms with van der Waals surface area (Å²) in [6, 6.07) is 1.08. The molecule has 0 aliphatic heterocycles. The Morgan fingerprint density at radius 1 is 1.32 bits per heavy atom. The van der Waals surface area contributed by atoms with E-state index >= 15 is 0 Å². The Morgan fingerprint density at radius 3 is 2.58 bits per heavy atom. The summed E-state index contributed by atoms with van der Waals surface area (Å²) in [6.45, 7) is 0. The normalized spacial score (nSPS) is 9.89. The van der Waals surface area contributed by atoms with Crippen molar-refractivity contribution in [2.24, 2.45) is 0 Å². The third-order valence-electron chi connectivity index (χ3n) is 2.14. The number of nitrogens with one attached hydrogen (secondary N) is 1. The molecule has 0 amide bonds. The fourth-order valence-corrected chi connectivity index (χ4v) is 1.34. The summed E-state index contributed by atoms with van der Waals surface area (Å²) >= 11 is 0. The summed E-state index contributed by atoms with van der Waals surface area (Å²) in [5.74, 6) is -1.25. The van der Waals surface area contributed by atoms with E-state index in [1.807, 2.05) is 0 Å². The number of carbonyl (C=O) groups is 1. The van der Waals surface area contributed by atoms with Crippen LogP contribution in [-0.2, 0) is 0 Å². The van der Waals surface area contributed by atoms with Gasteiger partial charge in [-0.1, -0.05) is 0 Å². The molecule has 19 heavy (non-hydrogen) atoms. The van der Waals surface area contributed by atoms with Crippen LogP contribution in [0.15, 0.2) is 31.0 Å². The van der Waals surface area contributed by atoms with Gasteiger partial charge in [-0.2, -0.15) is 0 Å². The van der Waals surface area contributed by atoms with Gasteiger partial charge in [0.1, 0.15) is 23.9 Å². The average molecular weight is 261 g/mol. The zero-order valence-electron chi connectivity index (χ0n) is 9.35. The molecular formula is C10H7N5O4. The average Bonchev–Trinajstić information content (AvgIpc) is 2.39. The molecule has 0 aliphatic carbocycles. The summed E-state index contributed by atoms with van der Waals surface area (Å²) < 4.78 is 0. The van der Waals surface area contributed by atoms with E-state index in [1.165, 1.54) is 18.7 Å². The lowest BCUT2D eigenvalue weighted by atomic mass is 10.2. The van der Waals surface area contributed by atoms with Crippen LogP contribution < -0.4 is 5.32 Å². The van der Waals surface area contributed by atoms with Gasteiger partial charge < -0.3 is 10.4 Å². The molecule has 0 saturated heterocycles. The number of pyridine rings is 1. The number of hydrogen-bond donors (Lipinski definition) is 2. The van der Waals surface area contributed by atoms with E-state index < -0.39 is 22.1 Å². The molecule has 2 heterocycles. The Kier molecular flexibility index (Phi) is 3.28. The highest BCUT2D eigenvalue weighted by atomic mass is 16.6. The predicted molar refractivity (Wildman–Crippen MR) is 63.2 cm³/mol. The Balaban J connectivity index is 2.36. The van der Waals surface area contributed by atoms with Crippen molar-refractivity contribution >= 4 is 23.2 Å². The van der Waals surface area contributed by atoms with Crippen LogP contribution in [0, 0.1) is 10.1 Å². The Hall–Kier alpha value is -3.10. The molecule has 2 aromatic heterocycles. The molecule has 0 radical (unpaired) electrons. The van der Waals surface area contributed by atoms with E-state index in [2.05, 4.69) is 20.3 Å². The van der Waals surface area contributed by atoms with Crippen molar-refractivity contribution in [3.05, 3.63) is 46.7 Å². The lowest BCUT2D eigenvalue weighted by molar-refractivity contribution is -0.385. The number of aromatic nitrogens is 3. The molecule has 0 unspecified atom stereocenters. The second kappa shape index (κ2) is 5.04. The molecule has 0 aromatic carbocycles. The highest BCUT2D eigenvalue weighted by Gasteiger charge is 2.21. The van der Waals surface area contributed by atoms with E-state index in [9.17, 15) is 14.9 Å². The van der Waals surface area contributed by atoms with E-state index in [0.717, 1.165) is 12.3 Å².